The molecule has 0 amide bonds. The Morgan fingerprint density at radius 1 is 0.968 bits per heavy atom. The third-order valence-electron chi connectivity index (χ3n) is 4.24. The molecule has 0 aliphatic heterocycles. The van der Waals surface area contributed by atoms with E-state index in [-0.39, 0.29) is 16.1 Å². The molecule has 0 spiro atoms. The standard InChI is InChI=1S/C22H18ClNO6S/c1-29-17-6-4-5-15(13-17)21(25)14-30-22(26)19-7-2-3-8-20(19)24-31(27,28)18-11-9-16(23)10-12-18/h2-13,24H,14H2,1H3. The number of carbonyl (C=O) groups excluding carboxylic acids is 2. The Morgan fingerprint density at radius 3 is 2.39 bits per heavy atom. The van der Waals surface area contributed by atoms with Crippen molar-refractivity contribution in [1.29, 1.82) is 0 Å². The smallest absolute Gasteiger partial charge is 0.340 e. The van der Waals surface area contributed by atoms with Gasteiger partial charge >= 0.3 is 5.97 Å². The fraction of sp³-hybridized carbons (Fsp3) is 0.0909. The summed E-state index contributed by atoms with van der Waals surface area (Å²) >= 11 is 5.80. The molecule has 31 heavy (non-hydrogen) atoms. The molecule has 0 atom stereocenters. The second-order valence-corrected chi connectivity index (χ2v) is 8.46. The van der Waals surface area contributed by atoms with Gasteiger partial charge < -0.3 is 9.47 Å². The highest BCUT2D eigenvalue weighted by molar-refractivity contribution is 7.92. The molecular weight excluding hydrogens is 442 g/mol. The van der Waals surface area contributed by atoms with Crippen LogP contribution in [0, 0.1) is 0 Å². The molecule has 1 N–H and O–H groups in total. The molecule has 3 rings (SSSR count). The average molecular weight is 460 g/mol. The second kappa shape index (κ2) is 9.63. The van der Waals surface area contributed by atoms with Gasteiger partial charge in [0, 0.05) is 10.6 Å². The number of ketones is 1. The molecule has 9 heteroatoms. The van der Waals surface area contributed by atoms with Crippen LogP contribution in [0.1, 0.15) is 20.7 Å². The lowest BCUT2D eigenvalue weighted by molar-refractivity contribution is 0.0476. The Balaban J connectivity index is 1.74. The van der Waals surface area contributed by atoms with Crippen molar-refractivity contribution in [1.82, 2.24) is 0 Å². The number of Topliss-reactive ketones (excluding diaryl/α,β-unsaturated/α-hetero) is 1. The molecule has 3 aromatic carbocycles. The summed E-state index contributed by atoms with van der Waals surface area (Å²) in [5, 5.41) is 0.392. The maximum Gasteiger partial charge on any atom is 0.340 e. The molecule has 0 aliphatic carbocycles. The van der Waals surface area contributed by atoms with Crippen LogP contribution in [0.4, 0.5) is 5.69 Å². The number of carbonyl (C=O) groups is 2. The number of anilines is 1. The highest BCUT2D eigenvalue weighted by Gasteiger charge is 2.20. The van der Waals surface area contributed by atoms with Gasteiger partial charge in [0.25, 0.3) is 10.0 Å². The summed E-state index contributed by atoms with van der Waals surface area (Å²) in [7, 11) is -2.49. The van der Waals surface area contributed by atoms with E-state index in [1.165, 1.54) is 49.6 Å². The van der Waals surface area contributed by atoms with Crippen molar-refractivity contribution in [3.05, 3.63) is 88.9 Å². The van der Waals surface area contributed by atoms with E-state index in [1.807, 2.05) is 0 Å². The maximum atomic E-state index is 12.6. The Labute approximate surface area is 184 Å². The lowest BCUT2D eigenvalue weighted by Crippen LogP contribution is -2.18. The number of hydrogen-bond donors (Lipinski definition) is 1. The first kappa shape index (κ1) is 22.3. The predicted molar refractivity (Wildman–Crippen MR) is 116 cm³/mol. The number of nitrogens with one attached hydrogen (secondary N) is 1. The molecule has 0 bridgehead atoms. The number of ether oxygens (including phenoxy) is 2. The van der Waals surface area contributed by atoms with Crippen LogP contribution in [0.2, 0.25) is 5.02 Å². The number of esters is 1. The van der Waals surface area contributed by atoms with E-state index in [0.29, 0.717) is 16.3 Å². The number of benzene rings is 3. The second-order valence-electron chi connectivity index (χ2n) is 6.34. The summed E-state index contributed by atoms with van der Waals surface area (Å²) in [6, 6.07) is 18.0. The van der Waals surface area contributed by atoms with Crippen LogP contribution in [0.5, 0.6) is 5.75 Å². The van der Waals surface area contributed by atoms with Gasteiger partial charge in [-0.05, 0) is 48.5 Å². The number of para-hydroxylation sites is 1. The van der Waals surface area contributed by atoms with Gasteiger partial charge in [-0.3, -0.25) is 9.52 Å². The number of hydrogen-bond acceptors (Lipinski definition) is 6. The van der Waals surface area contributed by atoms with Crippen molar-refractivity contribution in [3.8, 4) is 5.75 Å². The molecular formula is C22H18ClNO6S. The van der Waals surface area contributed by atoms with Crippen LogP contribution in [-0.2, 0) is 14.8 Å². The average Bonchev–Trinajstić information content (AvgIpc) is 2.77. The van der Waals surface area contributed by atoms with Gasteiger partial charge in [-0.1, -0.05) is 35.9 Å². The minimum absolute atomic E-state index is 0.0201. The highest BCUT2D eigenvalue weighted by Crippen LogP contribution is 2.22. The van der Waals surface area contributed by atoms with Crippen LogP contribution in [0.25, 0.3) is 0 Å². The third-order valence-corrected chi connectivity index (χ3v) is 5.87. The first-order valence-electron chi connectivity index (χ1n) is 9.02. The fourth-order valence-corrected chi connectivity index (χ4v) is 3.86. The minimum atomic E-state index is -3.97. The van der Waals surface area contributed by atoms with Crippen molar-refractivity contribution in [2.75, 3.05) is 18.4 Å². The fourth-order valence-electron chi connectivity index (χ4n) is 2.66. The van der Waals surface area contributed by atoms with Gasteiger partial charge in [-0.2, -0.15) is 0 Å². The van der Waals surface area contributed by atoms with E-state index >= 15 is 0 Å². The van der Waals surface area contributed by atoms with Crippen molar-refractivity contribution >= 4 is 39.1 Å². The molecule has 0 saturated carbocycles. The largest absolute Gasteiger partial charge is 0.497 e. The number of rotatable bonds is 8. The molecule has 7 nitrogen and oxygen atoms in total. The lowest BCUT2D eigenvalue weighted by atomic mass is 10.1. The number of sulfonamides is 1. The quantitative estimate of drug-likeness (QED) is 0.400. The summed E-state index contributed by atoms with van der Waals surface area (Å²) in [5.41, 5.74) is 0.318. The van der Waals surface area contributed by atoms with E-state index < -0.39 is 28.4 Å². The molecule has 0 unspecified atom stereocenters. The van der Waals surface area contributed by atoms with Crippen molar-refractivity contribution < 1.29 is 27.5 Å². The van der Waals surface area contributed by atoms with Crippen LogP contribution >= 0.6 is 11.6 Å². The van der Waals surface area contributed by atoms with Gasteiger partial charge in [0.05, 0.1) is 23.3 Å². The predicted octanol–water partition coefficient (Wildman–Crippen LogP) is 4.19. The molecule has 0 aromatic heterocycles. The van der Waals surface area contributed by atoms with E-state index in [1.54, 1.807) is 30.3 Å². The molecule has 0 aliphatic rings. The van der Waals surface area contributed by atoms with E-state index in [4.69, 9.17) is 21.1 Å². The Kier molecular flexibility index (Phi) is 6.94. The van der Waals surface area contributed by atoms with Gasteiger partial charge in [-0.25, -0.2) is 13.2 Å². The third kappa shape index (κ3) is 5.62. The van der Waals surface area contributed by atoms with Gasteiger partial charge in [-0.15, -0.1) is 0 Å². The molecule has 0 radical (unpaired) electrons. The number of halogens is 1. The monoisotopic (exact) mass is 459 g/mol. The zero-order valence-electron chi connectivity index (χ0n) is 16.4. The zero-order chi connectivity index (χ0) is 22.4. The van der Waals surface area contributed by atoms with Gasteiger partial charge in [0.1, 0.15) is 5.75 Å². The normalized spacial score (nSPS) is 10.9. The Morgan fingerprint density at radius 2 is 1.68 bits per heavy atom. The lowest BCUT2D eigenvalue weighted by Gasteiger charge is -2.12. The summed E-state index contributed by atoms with van der Waals surface area (Å²) in [5.74, 6) is -0.767. The SMILES string of the molecule is COc1cccc(C(=O)COC(=O)c2ccccc2NS(=O)(=O)c2ccc(Cl)cc2)c1. The van der Waals surface area contributed by atoms with Crippen LogP contribution in [0.3, 0.4) is 0 Å². The first-order chi connectivity index (χ1) is 14.8. The molecule has 0 heterocycles. The van der Waals surface area contributed by atoms with Gasteiger partial charge in [0.15, 0.2) is 12.4 Å². The molecule has 3 aromatic rings. The van der Waals surface area contributed by atoms with Gasteiger partial charge in [0.2, 0.25) is 0 Å². The van der Waals surface area contributed by atoms with Crippen LogP contribution in [0.15, 0.2) is 77.7 Å². The summed E-state index contributed by atoms with van der Waals surface area (Å²) in [4.78, 5) is 24.8. The van der Waals surface area contributed by atoms with E-state index in [0.717, 1.165) is 0 Å². The summed E-state index contributed by atoms with van der Waals surface area (Å²) < 4.78 is 37.8. The van der Waals surface area contributed by atoms with Crippen molar-refractivity contribution in [2.24, 2.45) is 0 Å². The molecule has 0 saturated heterocycles. The zero-order valence-corrected chi connectivity index (χ0v) is 17.9. The molecule has 160 valence electrons. The van der Waals surface area contributed by atoms with Crippen molar-refractivity contribution in [3.63, 3.8) is 0 Å². The Hall–Kier alpha value is -3.36. The minimum Gasteiger partial charge on any atom is -0.497 e. The Bertz CT molecular complexity index is 1210. The van der Waals surface area contributed by atoms with Crippen molar-refractivity contribution in [2.45, 2.75) is 4.90 Å². The summed E-state index contributed by atoms with van der Waals surface area (Å²) in [6.45, 7) is -0.510. The topological polar surface area (TPSA) is 98.8 Å². The summed E-state index contributed by atoms with van der Waals surface area (Å²) in [6.07, 6.45) is 0. The van der Waals surface area contributed by atoms with E-state index in [9.17, 15) is 18.0 Å². The first-order valence-corrected chi connectivity index (χ1v) is 10.9. The van der Waals surface area contributed by atoms with Crippen LogP contribution < -0.4 is 9.46 Å². The highest BCUT2D eigenvalue weighted by atomic mass is 35.5. The maximum absolute atomic E-state index is 12.6. The number of methoxy groups -OCH3 is 1. The van der Waals surface area contributed by atoms with E-state index in [2.05, 4.69) is 4.72 Å². The molecule has 0 fully saturated rings. The van der Waals surface area contributed by atoms with Crippen LogP contribution in [-0.4, -0.2) is 33.9 Å².